The van der Waals surface area contributed by atoms with Crippen molar-refractivity contribution >= 4 is 5.57 Å². The Labute approximate surface area is 188 Å². The van der Waals surface area contributed by atoms with E-state index in [-0.39, 0.29) is 17.8 Å². The highest BCUT2D eigenvalue weighted by Crippen LogP contribution is 2.35. The lowest BCUT2D eigenvalue weighted by molar-refractivity contribution is -0.000212. The summed E-state index contributed by atoms with van der Waals surface area (Å²) >= 11 is 0. The van der Waals surface area contributed by atoms with Crippen LogP contribution in [0.1, 0.15) is 49.7 Å². The van der Waals surface area contributed by atoms with Gasteiger partial charge in [-0.05, 0) is 66.5 Å². The number of allylic oxidation sites excluding steroid dienone is 5. The van der Waals surface area contributed by atoms with E-state index < -0.39 is 12.3 Å². The third kappa shape index (κ3) is 4.75. The molecule has 1 nitrogen and oxygen atoms in total. The highest BCUT2D eigenvalue weighted by atomic mass is 19.2. The Balaban J connectivity index is 1.46. The first-order chi connectivity index (χ1) is 15.5. The van der Waals surface area contributed by atoms with Gasteiger partial charge in [0.2, 0.25) is 0 Å². The summed E-state index contributed by atoms with van der Waals surface area (Å²) in [5.74, 6) is -0.0857. The van der Waals surface area contributed by atoms with Crippen molar-refractivity contribution in [3.8, 4) is 11.1 Å². The lowest BCUT2D eigenvalue weighted by atomic mass is 9.88. The molecule has 0 N–H and O–H groups in total. The number of rotatable bonds is 6. The van der Waals surface area contributed by atoms with Crippen LogP contribution in [0, 0.1) is 5.82 Å². The van der Waals surface area contributed by atoms with Crippen molar-refractivity contribution in [2.45, 2.75) is 57.0 Å². The zero-order chi connectivity index (χ0) is 22.7. The van der Waals surface area contributed by atoms with Crippen molar-refractivity contribution < 1.29 is 17.9 Å². The van der Waals surface area contributed by atoms with Gasteiger partial charge in [0.15, 0.2) is 12.3 Å². The minimum absolute atomic E-state index is 0.200. The molecule has 4 unspecified atom stereocenters. The first-order valence-corrected chi connectivity index (χ1v) is 11.3. The van der Waals surface area contributed by atoms with E-state index in [9.17, 15) is 13.2 Å². The quantitative estimate of drug-likeness (QED) is 0.419. The maximum Gasteiger partial charge on any atom is 0.161 e. The highest BCUT2D eigenvalue weighted by Gasteiger charge is 2.29. The van der Waals surface area contributed by atoms with Crippen molar-refractivity contribution in [2.24, 2.45) is 0 Å². The monoisotopic (exact) mass is 438 g/mol. The maximum absolute atomic E-state index is 15.0. The lowest BCUT2D eigenvalue weighted by Gasteiger charge is -2.29. The van der Waals surface area contributed by atoms with E-state index in [0.29, 0.717) is 34.4 Å². The number of hydrogen-bond acceptors (Lipinski definition) is 1. The molecule has 1 heterocycles. The molecular weight excluding hydrogens is 409 g/mol. The standard InChI is InChI=1S/C28H29F3O/c1-3-4-5-23-13-11-22(17-32-23)21-12-15-24(26(29)16-21)19-7-9-20(10-8-19)25-14-6-18(2)27(30)28(25)31/h3,6-10,12,14-16,22-23,27-28H,1,4-5,11,13,17H2,2H3. The molecule has 2 aromatic carbocycles. The van der Waals surface area contributed by atoms with Gasteiger partial charge in [-0.15, -0.1) is 6.58 Å². The molecule has 1 saturated heterocycles. The van der Waals surface area contributed by atoms with Crippen LogP contribution in [0.25, 0.3) is 16.7 Å². The summed E-state index contributed by atoms with van der Waals surface area (Å²) in [7, 11) is 0. The lowest BCUT2D eigenvalue weighted by Crippen LogP contribution is -2.24. The molecule has 32 heavy (non-hydrogen) atoms. The molecule has 0 amide bonds. The molecule has 0 bridgehead atoms. The molecule has 0 radical (unpaired) electrons. The Morgan fingerprint density at radius 2 is 1.75 bits per heavy atom. The summed E-state index contributed by atoms with van der Waals surface area (Å²) in [6.45, 7) is 5.95. The van der Waals surface area contributed by atoms with Gasteiger partial charge in [-0.2, -0.15) is 0 Å². The SMILES string of the molecule is C=CCCC1CCC(c2ccc(-c3ccc(C4=CC=C(C)C(F)C4F)cc3)c(F)c2)CO1. The molecule has 1 fully saturated rings. The first kappa shape index (κ1) is 22.6. The van der Waals surface area contributed by atoms with E-state index in [1.807, 2.05) is 12.1 Å². The average Bonchev–Trinajstić information content (AvgIpc) is 2.82. The summed E-state index contributed by atoms with van der Waals surface area (Å²) < 4.78 is 49.4. The number of halogens is 3. The van der Waals surface area contributed by atoms with Gasteiger partial charge in [-0.1, -0.05) is 54.6 Å². The first-order valence-electron chi connectivity index (χ1n) is 11.3. The summed E-state index contributed by atoms with van der Waals surface area (Å²) in [5, 5.41) is 0. The summed E-state index contributed by atoms with van der Waals surface area (Å²) in [4.78, 5) is 0. The van der Waals surface area contributed by atoms with Crippen molar-refractivity contribution in [1.29, 1.82) is 0 Å². The van der Waals surface area contributed by atoms with E-state index in [1.54, 1.807) is 55.5 Å². The minimum Gasteiger partial charge on any atom is -0.378 e. The van der Waals surface area contributed by atoms with Crippen molar-refractivity contribution in [3.05, 3.63) is 89.8 Å². The second-order valence-electron chi connectivity index (χ2n) is 8.75. The fourth-order valence-corrected chi connectivity index (χ4v) is 4.51. The zero-order valence-electron chi connectivity index (χ0n) is 18.4. The van der Waals surface area contributed by atoms with Crippen LogP contribution in [0.2, 0.25) is 0 Å². The van der Waals surface area contributed by atoms with E-state index in [2.05, 4.69) is 6.58 Å². The van der Waals surface area contributed by atoms with Gasteiger partial charge in [-0.3, -0.25) is 0 Å². The number of hydrogen-bond donors (Lipinski definition) is 0. The minimum atomic E-state index is -1.68. The molecule has 1 aliphatic heterocycles. The number of alkyl halides is 2. The van der Waals surface area contributed by atoms with E-state index >= 15 is 0 Å². The topological polar surface area (TPSA) is 9.23 Å². The smallest absolute Gasteiger partial charge is 0.161 e. The highest BCUT2D eigenvalue weighted by molar-refractivity contribution is 5.75. The largest absolute Gasteiger partial charge is 0.378 e. The van der Waals surface area contributed by atoms with Crippen molar-refractivity contribution in [1.82, 2.24) is 0 Å². The summed E-state index contributed by atoms with van der Waals surface area (Å²) in [5.41, 5.74) is 3.46. The Kier molecular flexibility index (Phi) is 7.00. The second-order valence-corrected chi connectivity index (χ2v) is 8.75. The predicted molar refractivity (Wildman–Crippen MR) is 125 cm³/mol. The van der Waals surface area contributed by atoms with Crippen LogP contribution in [0.5, 0.6) is 0 Å². The van der Waals surface area contributed by atoms with Gasteiger partial charge in [0.25, 0.3) is 0 Å². The van der Waals surface area contributed by atoms with Crippen LogP contribution in [-0.4, -0.2) is 25.1 Å². The second kappa shape index (κ2) is 9.91. The Morgan fingerprint density at radius 1 is 1.00 bits per heavy atom. The molecular formula is C28H29F3O. The Morgan fingerprint density at radius 3 is 2.41 bits per heavy atom. The van der Waals surface area contributed by atoms with Gasteiger partial charge in [0, 0.05) is 11.5 Å². The van der Waals surface area contributed by atoms with Crippen LogP contribution in [0.15, 0.2) is 72.8 Å². The third-order valence-corrected chi connectivity index (χ3v) is 6.57. The van der Waals surface area contributed by atoms with Gasteiger partial charge < -0.3 is 4.74 Å². The zero-order valence-corrected chi connectivity index (χ0v) is 18.4. The van der Waals surface area contributed by atoms with Crippen LogP contribution < -0.4 is 0 Å². The van der Waals surface area contributed by atoms with Gasteiger partial charge in [-0.25, -0.2) is 13.2 Å². The van der Waals surface area contributed by atoms with Crippen molar-refractivity contribution in [2.75, 3.05) is 6.61 Å². The van der Waals surface area contributed by atoms with E-state index in [1.165, 1.54) is 0 Å². The maximum atomic E-state index is 15.0. The van der Waals surface area contributed by atoms with Gasteiger partial charge in [0.05, 0.1) is 12.7 Å². The summed E-state index contributed by atoms with van der Waals surface area (Å²) in [6.07, 6.45) is 5.99. The average molecular weight is 439 g/mol. The molecule has 1 aliphatic carbocycles. The van der Waals surface area contributed by atoms with Crippen LogP contribution >= 0.6 is 0 Å². The Bertz CT molecular complexity index is 1010. The van der Waals surface area contributed by atoms with E-state index in [4.69, 9.17) is 4.74 Å². The van der Waals surface area contributed by atoms with Gasteiger partial charge in [0.1, 0.15) is 5.82 Å². The molecule has 4 rings (SSSR count). The number of benzene rings is 2. The van der Waals surface area contributed by atoms with Gasteiger partial charge >= 0.3 is 0 Å². The fraction of sp³-hybridized carbons (Fsp3) is 0.357. The molecule has 0 saturated carbocycles. The molecule has 4 heteroatoms. The molecule has 168 valence electrons. The molecule has 2 aliphatic rings. The predicted octanol–water partition coefficient (Wildman–Crippen LogP) is 7.74. The third-order valence-electron chi connectivity index (χ3n) is 6.57. The van der Waals surface area contributed by atoms with Crippen LogP contribution in [0.4, 0.5) is 13.2 Å². The fourth-order valence-electron chi connectivity index (χ4n) is 4.51. The van der Waals surface area contributed by atoms with Crippen LogP contribution in [-0.2, 0) is 4.74 Å². The van der Waals surface area contributed by atoms with Crippen LogP contribution in [0.3, 0.4) is 0 Å². The molecule has 0 spiro atoms. The molecule has 4 atom stereocenters. The molecule has 0 aromatic heterocycles. The Hall–Kier alpha value is -2.59. The van der Waals surface area contributed by atoms with Crippen molar-refractivity contribution in [3.63, 3.8) is 0 Å². The van der Waals surface area contributed by atoms with E-state index in [0.717, 1.165) is 31.2 Å². The summed E-state index contributed by atoms with van der Waals surface area (Å²) in [6, 6.07) is 12.3. The normalized spacial score (nSPS) is 25.8. The number of ether oxygens (including phenoxy) is 1. The molecule has 2 aromatic rings.